The fourth-order valence-electron chi connectivity index (χ4n) is 1.41. The standard InChI is InChI=1S/C10H10O2S2/c1-13-8-3-6(5-11)2-7-4-9(12)14-10(7)8/h2-4,11-12H,5H2,1H3. The van der Waals surface area contributed by atoms with Crippen LogP contribution < -0.4 is 0 Å². The number of thiophene rings is 1. The quantitative estimate of drug-likeness (QED) is 0.774. The second-order valence-electron chi connectivity index (χ2n) is 2.96. The Bertz CT molecular complexity index is 462. The number of hydrogen-bond acceptors (Lipinski definition) is 4. The van der Waals surface area contributed by atoms with Crippen LogP contribution in [0.3, 0.4) is 0 Å². The predicted molar refractivity (Wildman–Crippen MR) is 61.2 cm³/mol. The highest BCUT2D eigenvalue weighted by atomic mass is 32.2. The molecule has 0 saturated carbocycles. The van der Waals surface area contributed by atoms with Gasteiger partial charge in [-0.2, -0.15) is 0 Å². The molecule has 0 aliphatic rings. The minimum absolute atomic E-state index is 0.0418. The van der Waals surface area contributed by atoms with Crippen LogP contribution in [0.25, 0.3) is 10.1 Å². The van der Waals surface area contributed by atoms with E-state index < -0.39 is 0 Å². The molecule has 14 heavy (non-hydrogen) atoms. The molecular weight excluding hydrogens is 216 g/mol. The van der Waals surface area contributed by atoms with Gasteiger partial charge >= 0.3 is 0 Å². The van der Waals surface area contributed by atoms with E-state index in [0.29, 0.717) is 5.06 Å². The first-order valence-corrected chi connectivity index (χ1v) is 6.19. The zero-order chi connectivity index (χ0) is 10.1. The third-order valence-electron chi connectivity index (χ3n) is 2.03. The topological polar surface area (TPSA) is 40.5 Å². The Morgan fingerprint density at radius 1 is 1.36 bits per heavy atom. The van der Waals surface area contributed by atoms with E-state index in [2.05, 4.69) is 0 Å². The lowest BCUT2D eigenvalue weighted by Crippen LogP contribution is -1.83. The molecular formula is C10H10O2S2. The molecule has 1 aromatic heterocycles. The molecule has 0 bridgehead atoms. The number of fused-ring (bicyclic) bond motifs is 1. The van der Waals surface area contributed by atoms with Gasteiger partial charge in [0.1, 0.15) is 0 Å². The van der Waals surface area contributed by atoms with Crippen LogP contribution in [0.15, 0.2) is 23.1 Å². The van der Waals surface area contributed by atoms with E-state index in [1.165, 1.54) is 11.3 Å². The van der Waals surface area contributed by atoms with Gasteiger partial charge in [0.2, 0.25) is 0 Å². The molecule has 74 valence electrons. The van der Waals surface area contributed by atoms with Crippen LogP contribution in [0.4, 0.5) is 0 Å². The van der Waals surface area contributed by atoms with Crippen LogP contribution in [0.1, 0.15) is 5.56 Å². The van der Waals surface area contributed by atoms with E-state index >= 15 is 0 Å². The maximum atomic E-state index is 9.39. The zero-order valence-corrected chi connectivity index (χ0v) is 9.28. The van der Waals surface area contributed by atoms with Gasteiger partial charge in [0.15, 0.2) is 5.06 Å². The van der Waals surface area contributed by atoms with Crippen molar-refractivity contribution < 1.29 is 10.2 Å². The molecule has 0 unspecified atom stereocenters. The monoisotopic (exact) mass is 226 g/mol. The summed E-state index contributed by atoms with van der Waals surface area (Å²) in [4.78, 5) is 1.11. The molecule has 1 aromatic carbocycles. The number of rotatable bonds is 2. The molecule has 0 amide bonds. The van der Waals surface area contributed by atoms with Gasteiger partial charge in [0.05, 0.1) is 11.3 Å². The van der Waals surface area contributed by atoms with Crippen molar-refractivity contribution in [1.29, 1.82) is 0 Å². The van der Waals surface area contributed by atoms with Crippen molar-refractivity contribution in [2.75, 3.05) is 6.26 Å². The summed E-state index contributed by atoms with van der Waals surface area (Å²) in [6.45, 7) is 0.0418. The number of benzene rings is 1. The van der Waals surface area contributed by atoms with Crippen LogP contribution in [0, 0.1) is 0 Å². The van der Waals surface area contributed by atoms with Gasteiger partial charge in [0, 0.05) is 4.90 Å². The highest BCUT2D eigenvalue weighted by molar-refractivity contribution is 7.99. The van der Waals surface area contributed by atoms with Gasteiger partial charge in [-0.05, 0) is 35.4 Å². The number of aliphatic hydroxyl groups is 1. The molecule has 2 N–H and O–H groups in total. The summed E-state index contributed by atoms with van der Waals surface area (Å²) in [7, 11) is 0. The highest BCUT2D eigenvalue weighted by Gasteiger charge is 2.07. The predicted octanol–water partition coefficient (Wildman–Crippen LogP) is 2.82. The van der Waals surface area contributed by atoms with Crippen LogP contribution in [-0.4, -0.2) is 16.5 Å². The first-order chi connectivity index (χ1) is 6.74. The third kappa shape index (κ3) is 1.61. The molecule has 2 aromatic rings. The Labute approximate surface area is 90.2 Å². The van der Waals surface area contributed by atoms with Crippen molar-refractivity contribution in [2.45, 2.75) is 11.5 Å². The summed E-state index contributed by atoms with van der Waals surface area (Å²) in [5, 5.41) is 19.8. The zero-order valence-electron chi connectivity index (χ0n) is 7.65. The fourth-order valence-corrected chi connectivity index (χ4v) is 3.15. The normalized spacial score (nSPS) is 11.0. The van der Waals surface area contributed by atoms with Gasteiger partial charge in [-0.25, -0.2) is 0 Å². The Balaban J connectivity index is 2.72. The average molecular weight is 226 g/mol. The van der Waals surface area contributed by atoms with Gasteiger partial charge in [-0.3, -0.25) is 0 Å². The fraction of sp³-hybridized carbons (Fsp3) is 0.200. The molecule has 0 aliphatic heterocycles. The van der Waals surface area contributed by atoms with Gasteiger partial charge in [-0.1, -0.05) is 11.3 Å². The summed E-state index contributed by atoms with van der Waals surface area (Å²) in [5.74, 6) is 0. The Morgan fingerprint density at radius 2 is 2.14 bits per heavy atom. The summed E-state index contributed by atoms with van der Waals surface area (Å²) in [6.07, 6.45) is 1.99. The number of aliphatic hydroxyl groups excluding tert-OH is 1. The Hall–Kier alpha value is -0.710. The summed E-state index contributed by atoms with van der Waals surface area (Å²) in [6, 6.07) is 5.60. The minimum Gasteiger partial charge on any atom is -0.499 e. The van der Waals surface area contributed by atoms with E-state index in [-0.39, 0.29) is 6.61 Å². The lowest BCUT2D eigenvalue weighted by atomic mass is 10.2. The lowest BCUT2D eigenvalue weighted by molar-refractivity contribution is 0.282. The molecule has 0 fully saturated rings. The molecule has 0 radical (unpaired) electrons. The number of thioether (sulfide) groups is 1. The SMILES string of the molecule is CSc1cc(CO)cc2cc(O)sc12. The Morgan fingerprint density at radius 3 is 2.79 bits per heavy atom. The maximum Gasteiger partial charge on any atom is 0.172 e. The lowest BCUT2D eigenvalue weighted by Gasteiger charge is -2.01. The molecule has 0 aliphatic carbocycles. The third-order valence-corrected chi connectivity index (χ3v) is 3.91. The van der Waals surface area contributed by atoms with Crippen LogP contribution >= 0.6 is 23.1 Å². The van der Waals surface area contributed by atoms with Crippen molar-refractivity contribution in [2.24, 2.45) is 0 Å². The van der Waals surface area contributed by atoms with Crippen molar-refractivity contribution in [1.82, 2.24) is 0 Å². The number of aromatic hydroxyl groups is 1. The van der Waals surface area contributed by atoms with Gasteiger partial charge in [0.25, 0.3) is 0 Å². The second kappa shape index (κ2) is 3.81. The molecule has 0 saturated heterocycles. The van der Waals surface area contributed by atoms with Gasteiger partial charge < -0.3 is 10.2 Å². The molecule has 2 nitrogen and oxygen atoms in total. The maximum absolute atomic E-state index is 9.39. The molecule has 4 heteroatoms. The first kappa shape index (κ1) is 9.83. The summed E-state index contributed by atoms with van der Waals surface area (Å²) in [5.41, 5.74) is 0.889. The molecule has 0 spiro atoms. The molecule has 0 atom stereocenters. The number of hydrogen-bond donors (Lipinski definition) is 2. The summed E-state index contributed by atoms with van der Waals surface area (Å²) >= 11 is 3.00. The van der Waals surface area contributed by atoms with Crippen LogP contribution in [0.5, 0.6) is 5.06 Å². The Kier molecular flexibility index (Phi) is 2.67. The van der Waals surface area contributed by atoms with Crippen molar-refractivity contribution in [3.05, 3.63) is 23.8 Å². The van der Waals surface area contributed by atoms with E-state index in [1.807, 2.05) is 18.4 Å². The van der Waals surface area contributed by atoms with Crippen molar-refractivity contribution in [3.63, 3.8) is 0 Å². The largest absolute Gasteiger partial charge is 0.499 e. The van der Waals surface area contributed by atoms with Gasteiger partial charge in [-0.15, -0.1) is 11.8 Å². The van der Waals surface area contributed by atoms with Crippen molar-refractivity contribution in [3.8, 4) is 5.06 Å². The van der Waals surface area contributed by atoms with E-state index in [0.717, 1.165) is 20.5 Å². The van der Waals surface area contributed by atoms with E-state index in [9.17, 15) is 5.11 Å². The molecule has 2 rings (SSSR count). The second-order valence-corrected chi connectivity index (χ2v) is 4.84. The average Bonchev–Trinajstić information content (AvgIpc) is 2.56. The summed E-state index contributed by atoms with van der Waals surface area (Å²) < 4.78 is 1.09. The van der Waals surface area contributed by atoms with E-state index in [1.54, 1.807) is 17.8 Å². The van der Waals surface area contributed by atoms with Crippen LogP contribution in [0.2, 0.25) is 0 Å². The molecule has 1 heterocycles. The highest BCUT2D eigenvalue weighted by Crippen LogP contribution is 2.37. The van der Waals surface area contributed by atoms with Crippen molar-refractivity contribution >= 4 is 33.2 Å². The minimum atomic E-state index is 0.0418. The first-order valence-electron chi connectivity index (χ1n) is 4.15. The van der Waals surface area contributed by atoms with Crippen LogP contribution in [-0.2, 0) is 6.61 Å². The van der Waals surface area contributed by atoms with E-state index in [4.69, 9.17) is 5.11 Å². The smallest absolute Gasteiger partial charge is 0.172 e.